The SMILES string of the molecule is COc1cc(Cc2nc(Cc3ccc(N=Nc4ccccc4)cc3S(=O)(=O)O)nc(NCCS(=O)(=O)O)n2)c(C)cc1N=Nc1cc(S(=O)(=O)O)c2cccc(S(=O)(=O)O)c2c1. The van der Waals surface area contributed by atoms with Gasteiger partial charge < -0.3 is 10.1 Å². The molecule has 1 aromatic heterocycles. The van der Waals surface area contributed by atoms with Crippen LogP contribution in [0.2, 0.25) is 0 Å². The van der Waals surface area contributed by atoms with Crippen molar-refractivity contribution in [3.63, 3.8) is 0 Å². The molecule has 1 heterocycles. The van der Waals surface area contributed by atoms with Gasteiger partial charge in [-0.1, -0.05) is 36.4 Å². The van der Waals surface area contributed by atoms with Crippen molar-refractivity contribution in [1.29, 1.82) is 0 Å². The summed E-state index contributed by atoms with van der Waals surface area (Å²) in [4.78, 5) is 11.4. The number of nitrogens with zero attached hydrogens (tertiary/aromatic N) is 7. The van der Waals surface area contributed by atoms with Crippen molar-refractivity contribution in [3.05, 3.63) is 119 Å². The Balaban J connectivity index is 1.35. The predicted octanol–water partition coefficient (Wildman–Crippen LogP) is 6.39. The second kappa shape index (κ2) is 18.0. The fourth-order valence-corrected chi connectivity index (χ4v) is 8.53. The Labute approximate surface area is 354 Å². The fourth-order valence-electron chi connectivity index (χ4n) is 6.00. The second-order valence-electron chi connectivity index (χ2n) is 13.3. The molecular formula is C37H34N8O13S4. The van der Waals surface area contributed by atoms with Gasteiger partial charge >= 0.3 is 0 Å². The lowest BCUT2D eigenvalue weighted by Gasteiger charge is -2.13. The van der Waals surface area contributed by atoms with E-state index < -0.39 is 60.9 Å². The van der Waals surface area contributed by atoms with Crippen LogP contribution in [0.25, 0.3) is 10.8 Å². The van der Waals surface area contributed by atoms with Gasteiger partial charge in [-0.05, 0) is 78.2 Å². The first-order valence-electron chi connectivity index (χ1n) is 17.7. The quantitative estimate of drug-likeness (QED) is 0.0518. The molecule has 5 aromatic carbocycles. The molecule has 0 spiro atoms. The van der Waals surface area contributed by atoms with E-state index in [0.29, 0.717) is 16.8 Å². The molecule has 0 aliphatic carbocycles. The highest BCUT2D eigenvalue weighted by atomic mass is 32.2. The molecule has 21 nitrogen and oxygen atoms in total. The molecule has 0 amide bonds. The minimum Gasteiger partial charge on any atom is -0.494 e. The summed E-state index contributed by atoms with van der Waals surface area (Å²) in [5.74, 6) is -0.567. The summed E-state index contributed by atoms with van der Waals surface area (Å²) in [7, 11) is -17.6. The third kappa shape index (κ3) is 11.6. The summed E-state index contributed by atoms with van der Waals surface area (Å²) < 4.78 is 141. The van der Waals surface area contributed by atoms with Gasteiger partial charge in [-0.3, -0.25) is 18.2 Å². The lowest BCUT2D eigenvalue weighted by Crippen LogP contribution is -2.18. The molecule has 324 valence electrons. The van der Waals surface area contributed by atoms with Gasteiger partial charge in [-0.2, -0.15) is 59.0 Å². The number of fused-ring (bicyclic) bond motifs is 1. The number of methoxy groups -OCH3 is 1. The number of ether oxygens (including phenoxy) is 1. The normalized spacial score (nSPS) is 12.7. The summed E-state index contributed by atoms with van der Waals surface area (Å²) in [6.45, 7) is 1.38. The number of rotatable bonds is 16. The molecule has 25 heteroatoms. The fraction of sp³-hybridized carbons (Fsp3) is 0.162. The molecule has 0 atom stereocenters. The van der Waals surface area contributed by atoms with E-state index in [0.717, 1.165) is 24.3 Å². The van der Waals surface area contributed by atoms with E-state index in [1.165, 1.54) is 31.4 Å². The number of anilines is 1. The van der Waals surface area contributed by atoms with Gasteiger partial charge in [-0.15, -0.1) is 5.11 Å². The topological polar surface area (TPSA) is 327 Å². The second-order valence-corrected chi connectivity index (χ2v) is 19.0. The van der Waals surface area contributed by atoms with E-state index >= 15 is 0 Å². The van der Waals surface area contributed by atoms with Gasteiger partial charge in [0.2, 0.25) is 5.95 Å². The third-order valence-corrected chi connectivity index (χ3v) is 12.3. The first kappa shape index (κ1) is 45.3. The average molecular weight is 927 g/mol. The van der Waals surface area contributed by atoms with Gasteiger partial charge in [0.05, 0.1) is 34.8 Å². The molecule has 5 N–H and O–H groups in total. The van der Waals surface area contributed by atoms with Crippen LogP contribution >= 0.6 is 0 Å². The highest BCUT2D eigenvalue weighted by Crippen LogP contribution is 2.36. The Bertz CT molecular complexity index is 3230. The molecule has 0 aliphatic heterocycles. The summed E-state index contributed by atoms with van der Waals surface area (Å²) in [6.07, 6.45) is -0.290. The van der Waals surface area contributed by atoms with Crippen LogP contribution in [0.5, 0.6) is 5.75 Å². The highest BCUT2D eigenvalue weighted by molar-refractivity contribution is 7.86. The van der Waals surface area contributed by atoms with Crippen LogP contribution in [-0.4, -0.2) is 86.2 Å². The van der Waals surface area contributed by atoms with Crippen molar-refractivity contribution in [2.45, 2.75) is 34.5 Å². The largest absolute Gasteiger partial charge is 0.494 e. The lowest BCUT2D eigenvalue weighted by atomic mass is 10.0. The Kier molecular flexibility index (Phi) is 13.2. The summed E-state index contributed by atoms with van der Waals surface area (Å²) in [5.41, 5.74) is 1.74. The molecule has 0 fully saturated rings. The zero-order valence-electron chi connectivity index (χ0n) is 32.2. The van der Waals surface area contributed by atoms with Crippen molar-refractivity contribution >= 4 is 79.9 Å². The molecule has 0 aliphatic rings. The maximum Gasteiger partial charge on any atom is 0.295 e. The van der Waals surface area contributed by atoms with E-state index in [1.54, 1.807) is 49.4 Å². The van der Waals surface area contributed by atoms with Crippen LogP contribution in [-0.2, 0) is 53.3 Å². The summed E-state index contributed by atoms with van der Waals surface area (Å²) in [5, 5.41) is 18.6. The van der Waals surface area contributed by atoms with Crippen molar-refractivity contribution in [3.8, 4) is 5.75 Å². The van der Waals surface area contributed by atoms with E-state index in [-0.39, 0.29) is 76.1 Å². The van der Waals surface area contributed by atoms with Crippen LogP contribution in [0.4, 0.5) is 28.7 Å². The molecule has 0 saturated carbocycles. The molecule has 0 radical (unpaired) electrons. The van der Waals surface area contributed by atoms with Gasteiger partial charge in [-0.25, -0.2) is 4.98 Å². The zero-order chi connectivity index (χ0) is 45.0. The van der Waals surface area contributed by atoms with Crippen molar-refractivity contribution in [2.24, 2.45) is 20.5 Å². The maximum atomic E-state index is 12.5. The number of hydrogen-bond donors (Lipinski definition) is 5. The van der Waals surface area contributed by atoms with Crippen LogP contribution in [0.3, 0.4) is 0 Å². The molecular weight excluding hydrogens is 893 g/mol. The predicted molar refractivity (Wildman–Crippen MR) is 223 cm³/mol. The Morgan fingerprint density at radius 3 is 1.82 bits per heavy atom. The Morgan fingerprint density at radius 2 is 1.19 bits per heavy atom. The Hall–Kier alpha value is -6.19. The summed E-state index contributed by atoms with van der Waals surface area (Å²) >= 11 is 0. The number of aromatic nitrogens is 3. The smallest absolute Gasteiger partial charge is 0.295 e. The van der Waals surface area contributed by atoms with Gasteiger partial charge in [0, 0.05) is 30.2 Å². The minimum absolute atomic E-state index is 0.000223. The van der Waals surface area contributed by atoms with Gasteiger partial charge in [0.25, 0.3) is 40.5 Å². The maximum absolute atomic E-state index is 12.5. The number of hydrogen-bond acceptors (Lipinski definition) is 17. The van der Waals surface area contributed by atoms with E-state index in [2.05, 4.69) is 40.7 Å². The van der Waals surface area contributed by atoms with Crippen LogP contribution < -0.4 is 10.1 Å². The number of aryl methyl sites for hydroxylation is 1. The van der Waals surface area contributed by atoms with Crippen molar-refractivity contribution in [2.75, 3.05) is 24.7 Å². The number of azo groups is 2. The third-order valence-electron chi connectivity index (χ3n) is 8.80. The van der Waals surface area contributed by atoms with E-state index in [1.807, 2.05) is 0 Å². The van der Waals surface area contributed by atoms with E-state index in [4.69, 9.17) is 4.74 Å². The molecule has 6 rings (SSSR count). The molecule has 0 bridgehead atoms. The molecule has 0 saturated heterocycles. The first-order chi connectivity index (χ1) is 29.1. The standard InChI is InChI=1S/C37H34N8O13S4/c1-22-15-30(45-44-27-19-29-28(34(21-27)62(55,56)57)9-6-10-32(29)60(49,50)51)31(58-2)16-24(22)18-36-39-35(40-37(41-36)38-13-14-59(46,47)48)17-23-11-12-26(20-33(23)61(52,53)54)43-42-25-7-4-3-5-8-25/h3-12,15-16,19-21H,13-14,17-18H2,1-2H3,(H,46,47,48)(H,49,50,51)(H,52,53,54)(H,55,56,57)(H,38,39,40,41). The Morgan fingerprint density at radius 1 is 0.581 bits per heavy atom. The van der Waals surface area contributed by atoms with Crippen LogP contribution in [0, 0.1) is 6.92 Å². The van der Waals surface area contributed by atoms with Gasteiger partial charge in [0.15, 0.2) is 0 Å². The monoisotopic (exact) mass is 926 g/mol. The minimum atomic E-state index is -4.92. The van der Waals surface area contributed by atoms with Crippen molar-refractivity contribution < 1.29 is 56.6 Å². The lowest BCUT2D eigenvalue weighted by molar-refractivity contribution is 0.415. The van der Waals surface area contributed by atoms with Crippen LogP contribution in [0.1, 0.15) is 28.3 Å². The molecule has 6 aromatic rings. The summed E-state index contributed by atoms with van der Waals surface area (Å²) in [6, 6.07) is 21.4. The number of benzene rings is 5. The highest BCUT2D eigenvalue weighted by Gasteiger charge is 2.23. The van der Waals surface area contributed by atoms with Gasteiger partial charge in [0.1, 0.15) is 32.9 Å². The zero-order valence-corrected chi connectivity index (χ0v) is 35.5. The first-order valence-corrected chi connectivity index (χ1v) is 23.6. The molecule has 0 unspecified atom stereocenters. The van der Waals surface area contributed by atoms with E-state index in [9.17, 15) is 51.9 Å². The van der Waals surface area contributed by atoms with Crippen LogP contribution in [0.15, 0.2) is 126 Å². The average Bonchev–Trinajstić information content (AvgIpc) is 3.18. The number of nitrogens with one attached hydrogen (secondary N) is 1. The van der Waals surface area contributed by atoms with Crippen molar-refractivity contribution in [1.82, 2.24) is 15.0 Å². The molecule has 62 heavy (non-hydrogen) atoms.